The smallest absolute Gasteiger partial charge is 0.252 e. The van der Waals surface area contributed by atoms with Crippen molar-refractivity contribution in [2.75, 3.05) is 33.8 Å². The molecule has 0 spiro atoms. The quantitative estimate of drug-likeness (QED) is 0.373. The van der Waals surface area contributed by atoms with Crippen molar-refractivity contribution in [2.24, 2.45) is 4.99 Å². The molecule has 1 aromatic heterocycles. The number of ether oxygens (including phenoxy) is 1. The number of pyridine rings is 1. The van der Waals surface area contributed by atoms with Crippen LogP contribution in [0.15, 0.2) is 47.7 Å². The number of aromatic nitrogens is 1. The summed E-state index contributed by atoms with van der Waals surface area (Å²) >= 11 is 0. The van der Waals surface area contributed by atoms with E-state index in [4.69, 9.17) is 4.74 Å². The van der Waals surface area contributed by atoms with E-state index in [1.165, 1.54) is 5.56 Å². The fourth-order valence-electron chi connectivity index (χ4n) is 2.52. The fourth-order valence-corrected chi connectivity index (χ4v) is 2.52. The number of carbonyl (C=O) groups is 1. The number of benzene rings is 1. The first-order valence-corrected chi connectivity index (χ1v) is 8.90. The Morgan fingerprint density at radius 1 is 1.15 bits per heavy atom. The predicted octanol–water partition coefficient (Wildman–Crippen LogP) is 1.54. The van der Waals surface area contributed by atoms with E-state index < -0.39 is 0 Å². The lowest BCUT2D eigenvalue weighted by atomic mass is 10.1. The van der Waals surface area contributed by atoms with Crippen LogP contribution in [0, 0.1) is 6.92 Å². The number of hydrogen-bond acceptors (Lipinski definition) is 4. The molecule has 0 fully saturated rings. The average molecular weight is 369 g/mol. The molecule has 0 aliphatic carbocycles. The number of aryl methyl sites for hydroxylation is 1. The van der Waals surface area contributed by atoms with E-state index in [1.807, 2.05) is 6.92 Å². The molecule has 0 aliphatic heterocycles. The molecule has 0 radical (unpaired) electrons. The van der Waals surface area contributed by atoms with Crippen molar-refractivity contribution in [1.29, 1.82) is 0 Å². The summed E-state index contributed by atoms with van der Waals surface area (Å²) in [5.74, 6) is 1.46. The van der Waals surface area contributed by atoms with Crippen molar-refractivity contribution in [3.05, 3.63) is 59.4 Å². The number of nitrogens with one attached hydrogen (secondary N) is 3. The first-order chi connectivity index (χ1) is 13.1. The van der Waals surface area contributed by atoms with Gasteiger partial charge in [-0.3, -0.25) is 14.8 Å². The molecule has 144 valence electrons. The van der Waals surface area contributed by atoms with E-state index >= 15 is 0 Å². The SMILES string of the molecule is CN=C(NCCNC(=O)c1cccnc1)NCCc1ccc(C)c(OC)c1. The largest absolute Gasteiger partial charge is 0.496 e. The number of nitrogens with zero attached hydrogens (tertiary/aromatic N) is 2. The molecular formula is C20H27N5O2. The van der Waals surface area contributed by atoms with Gasteiger partial charge in [0.15, 0.2) is 5.96 Å². The van der Waals surface area contributed by atoms with Crippen LogP contribution < -0.4 is 20.7 Å². The summed E-state index contributed by atoms with van der Waals surface area (Å²) in [4.78, 5) is 20.1. The van der Waals surface area contributed by atoms with Gasteiger partial charge in [0.1, 0.15) is 5.75 Å². The predicted molar refractivity (Wildman–Crippen MR) is 107 cm³/mol. The second-order valence-corrected chi connectivity index (χ2v) is 5.98. The maximum Gasteiger partial charge on any atom is 0.252 e. The standard InChI is InChI=1S/C20H27N5O2/c1-15-6-7-16(13-18(15)27-3)8-10-24-20(21-2)25-12-11-23-19(26)17-5-4-9-22-14-17/h4-7,9,13-14H,8,10-12H2,1-3H3,(H,23,26)(H2,21,24,25). The average Bonchev–Trinajstić information content (AvgIpc) is 2.71. The van der Waals surface area contributed by atoms with Crippen molar-refractivity contribution in [3.63, 3.8) is 0 Å². The van der Waals surface area contributed by atoms with E-state index in [1.54, 1.807) is 38.7 Å². The van der Waals surface area contributed by atoms with E-state index in [0.717, 1.165) is 24.3 Å². The minimum Gasteiger partial charge on any atom is -0.496 e. The van der Waals surface area contributed by atoms with Gasteiger partial charge in [-0.1, -0.05) is 12.1 Å². The number of methoxy groups -OCH3 is 1. The van der Waals surface area contributed by atoms with Crippen LogP contribution in [-0.4, -0.2) is 50.6 Å². The first-order valence-electron chi connectivity index (χ1n) is 8.90. The zero-order valence-electron chi connectivity index (χ0n) is 16.1. The van der Waals surface area contributed by atoms with Crippen LogP contribution in [0.4, 0.5) is 0 Å². The topological polar surface area (TPSA) is 87.6 Å². The van der Waals surface area contributed by atoms with Gasteiger partial charge in [0.05, 0.1) is 12.7 Å². The molecule has 7 heteroatoms. The molecule has 0 aliphatic rings. The highest BCUT2D eigenvalue weighted by Crippen LogP contribution is 2.18. The second kappa shape index (κ2) is 10.8. The monoisotopic (exact) mass is 369 g/mol. The van der Waals surface area contributed by atoms with E-state index in [2.05, 4.69) is 44.1 Å². The Morgan fingerprint density at radius 3 is 2.63 bits per heavy atom. The molecule has 1 heterocycles. The van der Waals surface area contributed by atoms with Gasteiger partial charge in [0.2, 0.25) is 0 Å². The van der Waals surface area contributed by atoms with Crippen LogP contribution in [-0.2, 0) is 6.42 Å². The lowest BCUT2D eigenvalue weighted by molar-refractivity contribution is 0.0954. The highest BCUT2D eigenvalue weighted by Gasteiger charge is 2.04. The highest BCUT2D eigenvalue weighted by atomic mass is 16.5. The van der Waals surface area contributed by atoms with Gasteiger partial charge >= 0.3 is 0 Å². The number of hydrogen-bond donors (Lipinski definition) is 3. The van der Waals surface area contributed by atoms with Crippen molar-refractivity contribution < 1.29 is 9.53 Å². The Hall–Kier alpha value is -3.09. The molecule has 27 heavy (non-hydrogen) atoms. The van der Waals surface area contributed by atoms with Crippen molar-refractivity contribution in [1.82, 2.24) is 20.9 Å². The summed E-state index contributed by atoms with van der Waals surface area (Å²) in [6.07, 6.45) is 4.04. The Bertz CT molecular complexity index is 762. The molecule has 7 nitrogen and oxygen atoms in total. The molecule has 0 saturated carbocycles. The number of rotatable bonds is 8. The number of aliphatic imine (C=N–C) groups is 1. The minimum absolute atomic E-state index is 0.138. The molecule has 2 aromatic rings. The van der Waals surface area contributed by atoms with Crippen molar-refractivity contribution >= 4 is 11.9 Å². The molecular weight excluding hydrogens is 342 g/mol. The van der Waals surface area contributed by atoms with Crippen LogP contribution >= 0.6 is 0 Å². The molecule has 0 unspecified atom stereocenters. The van der Waals surface area contributed by atoms with E-state index in [9.17, 15) is 4.79 Å². The third-order valence-electron chi connectivity index (χ3n) is 4.03. The second-order valence-electron chi connectivity index (χ2n) is 5.98. The Balaban J connectivity index is 1.68. The van der Waals surface area contributed by atoms with E-state index in [-0.39, 0.29) is 5.91 Å². The number of carbonyl (C=O) groups excluding carboxylic acids is 1. The maximum absolute atomic E-state index is 11.9. The number of guanidine groups is 1. The van der Waals surface area contributed by atoms with Gasteiger partial charge in [-0.05, 0) is 42.7 Å². The molecule has 0 saturated heterocycles. The van der Waals surface area contributed by atoms with Crippen LogP contribution in [0.1, 0.15) is 21.5 Å². The maximum atomic E-state index is 11.9. The fraction of sp³-hybridized carbons (Fsp3) is 0.350. The summed E-state index contributed by atoms with van der Waals surface area (Å²) < 4.78 is 5.36. The normalized spacial score (nSPS) is 11.0. The van der Waals surface area contributed by atoms with Gasteiger partial charge in [-0.25, -0.2) is 0 Å². The van der Waals surface area contributed by atoms with Gasteiger partial charge in [0.25, 0.3) is 5.91 Å². The lowest BCUT2D eigenvalue weighted by Gasteiger charge is -2.13. The third kappa shape index (κ3) is 6.62. The molecule has 0 bridgehead atoms. The van der Waals surface area contributed by atoms with Crippen LogP contribution in [0.25, 0.3) is 0 Å². The third-order valence-corrected chi connectivity index (χ3v) is 4.03. The Kier molecular flexibility index (Phi) is 8.09. The zero-order valence-corrected chi connectivity index (χ0v) is 16.1. The molecule has 0 atom stereocenters. The summed E-state index contributed by atoms with van der Waals surface area (Å²) in [5, 5.41) is 9.28. The summed E-state index contributed by atoms with van der Waals surface area (Å²) in [6, 6.07) is 9.69. The van der Waals surface area contributed by atoms with Crippen LogP contribution in [0.2, 0.25) is 0 Å². The Labute approximate surface area is 160 Å². The Morgan fingerprint density at radius 2 is 1.93 bits per heavy atom. The lowest BCUT2D eigenvalue weighted by Crippen LogP contribution is -2.42. The highest BCUT2D eigenvalue weighted by molar-refractivity contribution is 5.93. The summed E-state index contributed by atoms with van der Waals surface area (Å²) in [5.41, 5.74) is 2.87. The van der Waals surface area contributed by atoms with Crippen molar-refractivity contribution in [3.8, 4) is 5.75 Å². The number of amides is 1. The van der Waals surface area contributed by atoms with Gasteiger partial charge < -0.3 is 20.7 Å². The molecule has 2 rings (SSSR count). The van der Waals surface area contributed by atoms with Crippen molar-refractivity contribution in [2.45, 2.75) is 13.3 Å². The molecule has 3 N–H and O–H groups in total. The summed E-state index contributed by atoms with van der Waals surface area (Å²) in [7, 11) is 3.40. The van der Waals surface area contributed by atoms with Gasteiger partial charge in [0, 0.05) is 39.1 Å². The van der Waals surface area contributed by atoms with Crippen LogP contribution in [0.5, 0.6) is 5.75 Å². The molecule has 1 aromatic carbocycles. The van der Waals surface area contributed by atoms with E-state index in [0.29, 0.717) is 24.6 Å². The first kappa shape index (κ1) is 20.2. The van der Waals surface area contributed by atoms with Gasteiger partial charge in [-0.2, -0.15) is 0 Å². The van der Waals surface area contributed by atoms with Gasteiger partial charge in [-0.15, -0.1) is 0 Å². The minimum atomic E-state index is -0.138. The van der Waals surface area contributed by atoms with Crippen LogP contribution in [0.3, 0.4) is 0 Å². The zero-order chi connectivity index (χ0) is 19.5. The summed E-state index contributed by atoms with van der Waals surface area (Å²) in [6.45, 7) is 3.83. The molecule has 1 amide bonds.